The number of hydrogen-bond donors (Lipinski definition) is 1. The highest BCUT2D eigenvalue weighted by Gasteiger charge is 2.28. The van der Waals surface area contributed by atoms with E-state index in [4.69, 9.17) is 0 Å². The van der Waals surface area contributed by atoms with Crippen LogP contribution < -0.4 is 5.32 Å². The van der Waals surface area contributed by atoms with E-state index in [0.717, 1.165) is 24.1 Å². The Morgan fingerprint density at radius 3 is 2.48 bits per heavy atom. The zero-order valence-corrected chi connectivity index (χ0v) is 17.9. The van der Waals surface area contributed by atoms with Crippen molar-refractivity contribution >= 4 is 11.8 Å². The van der Waals surface area contributed by atoms with E-state index in [1.54, 1.807) is 17.1 Å². The maximum Gasteiger partial charge on any atom is 0.257 e. The first-order chi connectivity index (χ1) is 15.1. The smallest absolute Gasteiger partial charge is 0.257 e. The summed E-state index contributed by atoms with van der Waals surface area (Å²) < 4.78 is 1.74. The lowest BCUT2D eigenvalue weighted by molar-refractivity contribution is 0.0697. The lowest BCUT2D eigenvalue weighted by Crippen LogP contribution is -2.46. The van der Waals surface area contributed by atoms with E-state index in [9.17, 15) is 9.59 Å². The summed E-state index contributed by atoms with van der Waals surface area (Å²) in [6.45, 7) is 5.16. The first-order valence-corrected chi connectivity index (χ1v) is 10.7. The summed E-state index contributed by atoms with van der Waals surface area (Å²) in [5.41, 5.74) is 3.15. The molecule has 31 heavy (non-hydrogen) atoms. The topological polar surface area (TPSA) is 80.1 Å². The third-order valence-corrected chi connectivity index (χ3v) is 5.81. The predicted molar refractivity (Wildman–Crippen MR) is 118 cm³/mol. The van der Waals surface area contributed by atoms with Crippen molar-refractivity contribution in [3.8, 4) is 5.82 Å². The molecule has 1 fully saturated rings. The van der Waals surface area contributed by atoms with E-state index in [2.05, 4.69) is 15.4 Å². The maximum atomic E-state index is 13.2. The molecular formula is C24H27N5O2. The molecule has 160 valence electrons. The molecule has 7 nitrogen and oxygen atoms in total. The number of aryl methyl sites for hydroxylation is 1. The number of aromatic nitrogens is 3. The molecule has 7 heteroatoms. The van der Waals surface area contributed by atoms with Crippen LogP contribution >= 0.6 is 0 Å². The van der Waals surface area contributed by atoms with Crippen LogP contribution in [0.5, 0.6) is 0 Å². The second-order valence-corrected chi connectivity index (χ2v) is 7.81. The Kier molecular flexibility index (Phi) is 6.11. The number of nitrogens with zero attached hydrogens (tertiary/aromatic N) is 4. The van der Waals surface area contributed by atoms with Gasteiger partial charge in [-0.3, -0.25) is 9.59 Å². The van der Waals surface area contributed by atoms with Crippen LogP contribution in [0.2, 0.25) is 0 Å². The van der Waals surface area contributed by atoms with Gasteiger partial charge in [0.1, 0.15) is 0 Å². The van der Waals surface area contributed by atoms with Crippen molar-refractivity contribution in [1.82, 2.24) is 25.0 Å². The van der Waals surface area contributed by atoms with Crippen molar-refractivity contribution in [2.24, 2.45) is 0 Å². The number of piperidine rings is 1. The summed E-state index contributed by atoms with van der Waals surface area (Å²) >= 11 is 0. The molecule has 3 aromatic rings. The predicted octanol–water partition coefficient (Wildman–Crippen LogP) is 3.17. The molecular weight excluding hydrogens is 390 g/mol. The molecule has 3 heterocycles. The zero-order chi connectivity index (χ0) is 21.8. The average molecular weight is 418 g/mol. The van der Waals surface area contributed by atoms with Gasteiger partial charge in [-0.25, -0.2) is 9.67 Å². The second-order valence-electron chi connectivity index (χ2n) is 7.81. The number of likely N-dealkylation sites (tertiary alicyclic amines) is 1. The monoisotopic (exact) mass is 417 g/mol. The molecule has 0 saturated carbocycles. The Morgan fingerprint density at radius 2 is 1.81 bits per heavy atom. The van der Waals surface area contributed by atoms with Gasteiger partial charge in [0.05, 0.1) is 17.5 Å². The SMILES string of the molecule is CCc1c(C(=O)N2CCC(NC(=O)c3ccccc3C)CC2)cnn1-c1ccccn1. The molecule has 0 unspecified atom stereocenters. The van der Waals surface area contributed by atoms with Crippen LogP contribution in [0.15, 0.2) is 54.9 Å². The van der Waals surface area contributed by atoms with Gasteiger partial charge in [-0.15, -0.1) is 0 Å². The number of nitrogens with one attached hydrogen (secondary N) is 1. The summed E-state index contributed by atoms with van der Waals surface area (Å²) in [6.07, 6.45) is 5.51. The largest absolute Gasteiger partial charge is 0.349 e. The molecule has 4 rings (SSSR count). The van der Waals surface area contributed by atoms with Crippen molar-refractivity contribution in [3.05, 3.63) is 77.2 Å². The number of amides is 2. The van der Waals surface area contributed by atoms with Gasteiger partial charge in [-0.1, -0.05) is 31.2 Å². The number of benzene rings is 1. The zero-order valence-electron chi connectivity index (χ0n) is 17.9. The molecule has 0 aliphatic carbocycles. The van der Waals surface area contributed by atoms with Crippen molar-refractivity contribution in [3.63, 3.8) is 0 Å². The van der Waals surface area contributed by atoms with Gasteiger partial charge in [-0.2, -0.15) is 5.10 Å². The normalized spacial score (nSPS) is 14.5. The van der Waals surface area contributed by atoms with E-state index in [1.165, 1.54) is 0 Å². The summed E-state index contributed by atoms with van der Waals surface area (Å²) in [5.74, 6) is 0.645. The number of hydrogen-bond acceptors (Lipinski definition) is 4. The summed E-state index contributed by atoms with van der Waals surface area (Å²) in [7, 11) is 0. The molecule has 0 bridgehead atoms. The molecule has 0 spiro atoms. The minimum absolute atomic E-state index is 0.0114. The highest BCUT2D eigenvalue weighted by Crippen LogP contribution is 2.20. The van der Waals surface area contributed by atoms with Gasteiger partial charge < -0.3 is 10.2 Å². The molecule has 1 aliphatic heterocycles. The van der Waals surface area contributed by atoms with Gasteiger partial charge in [0.15, 0.2) is 5.82 Å². The van der Waals surface area contributed by atoms with Crippen molar-refractivity contribution in [2.45, 2.75) is 39.2 Å². The van der Waals surface area contributed by atoms with Gasteiger partial charge in [0.2, 0.25) is 0 Å². The van der Waals surface area contributed by atoms with Crippen LogP contribution in [0.3, 0.4) is 0 Å². The van der Waals surface area contributed by atoms with E-state index >= 15 is 0 Å². The maximum absolute atomic E-state index is 13.2. The van der Waals surface area contributed by atoms with Crippen molar-refractivity contribution < 1.29 is 9.59 Å². The minimum Gasteiger partial charge on any atom is -0.349 e. The third-order valence-electron chi connectivity index (χ3n) is 5.81. The Hall–Kier alpha value is -3.48. The number of carbonyl (C=O) groups excluding carboxylic acids is 2. The fraction of sp³-hybridized carbons (Fsp3) is 0.333. The van der Waals surface area contributed by atoms with Crippen LogP contribution in [-0.2, 0) is 6.42 Å². The van der Waals surface area contributed by atoms with Crippen LogP contribution in [0.4, 0.5) is 0 Å². The van der Waals surface area contributed by atoms with Crippen LogP contribution in [0, 0.1) is 6.92 Å². The number of carbonyl (C=O) groups is 2. The standard InChI is InChI=1S/C24H27N5O2/c1-3-21-20(16-26-29(21)22-10-6-7-13-25-22)24(31)28-14-11-18(12-15-28)27-23(30)19-9-5-4-8-17(19)2/h4-10,13,16,18H,3,11-12,14-15H2,1-2H3,(H,27,30). The molecule has 2 aromatic heterocycles. The summed E-state index contributed by atoms with van der Waals surface area (Å²) in [6, 6.07) is 13.3. The van der Waals surface area contributed by atoms with E-state index in [0.29, 0.717) is 36.5 Å². The van der Waals surface area contributed by atoms with Crippen molar-refractivity contribution in [1.29, 1.82) is 0 Å². The Bertz CT molecular complexity index is 1070. The lowest BCUT2D eigenvalue weighted by atomic mass is 10.0. The van der Waals surface area contributed by atoms with Crippen LogP contribution in [-0.4, -0.2) is 50.6 Å². The third kappa shape index (κ3) is 4.35. The van der Waals surface area contributed by atoms with E-state index in [1.807, 2.05) is 61.2 Å². The molecule has 2 amide bonds. The molecule has 1 N–H and O–H groups in total. The van der Waals surface area contributed by atoms with E-state index < -0.39 is 0 Å². The minimum atomic E-state index is -0.0483. The molecule has 1 aliphatic rings. The first-order valence-electron chi connectivity index (χ1n) is 10.7. The quantitative estimate of drug-likeness (QED) is 0.692. The van der Waals surface area contributed by atoms with Gasteiger partial charge >= 0.3 is 0 Å². The molecule has 0 radical (unpaired) electrons. The lowest BCUT2D eigenvalue weighted by Gasteiger charge is -2.32. The van der Waals surface area contributed by atoms with Crippen LogP contribution in [0.25, 0.3) is 5.82 Å². The fourth-order valence-electron chi connectivity index (χ4n) is 4.06. The highest BCUT2D eigenvalue weighted by atomic mass is 16.2. The number of rotatable bonds is 5. The van der Waals surface area contributed by atoms with Gasteiger partial charge in [0.25, 0.3) is 11.8 Å². The molecule has 1 saturated heterocycles. The average Bonchev–Trinajstić information content (AvgIpc) is 3.24. The van der Waals surface area contributed by atoms with E-state index in [-0.39, 0.29) is 17.9 Å². The first kappa shape index (κ1) is 20.8. The molecule has 1 aromatic carbocycles. The Balaban J connectivity index is 1.40. The van der Waals surface area contributed by atoms with Gasteiger partial charge in [0, 0.05) is 30.9 Å². The van der Waals surface area contributed by atoms with Gasteiger partial charge in [-0.05, 0) is 49.9 Å². The fourth-order valence-corrected chi connectivity index (χ4v) is 4.06. The van der Waals surface area contributed by atoms with Crippen molar-refractivity contribution in [2.75, 3.05) is 13.1 Å². The molecule has 0 atom stereocenters. The van der Waals surface area contributed by atoms with Crippen LogP contribution in [0.1, 0.15) is 51.7 Å². The number of pyridine rings is 1. The Labute approximate surface area is 182 Å². The Morgan fingerprint density at radius 1 is 1.06 bits per heavy atom. The highest BCUT2D eigenvalue weighted by molar-refractivity contribution is 5.96. The summed E-state index contributed by atoms with van der Waals surface area (Å²) in [5, 5.41) is 7.54. The second kappa shape index (κ2) is 9.12. The summed E-state index contributed by atoms with van der Waals surface area (Å²) in [4.78, 5) is 32.0.